The summed E-state index contributed by atoms with van der Waals surface area (Å²) in [4.78, 5) is 14.7. The van der Waals surface area contributed by atoms with Crippen LogP contribution in [0.3, 0.4) is 0 Å². The average molecular weight is 315 g/mol. The molecule has 0 radical (unpaired) electrons. The van der Waals surface area contributed by atoms with Gasteiger partial charge >= 0.3 is 6.03 Å². The van der Waals surface area contributed by atoms with Crippen molar-refractivity contribution in [1.29, 1.82) is 0 Å². The maximum atomic E-state index is 12.8. The molecule has 3 rings (SSSR count). The van der Waals surface area contributed by atoms with Gasteiger partial charge in [0.15, 0.2) is 0 Å². The van der Waals surface area contributed by atoms with Gasteiger partial charge in [-0.05, 0) is 52.2 Å². The van der Waals surface area contributed by atoms with Gasteiger partial charge in [-0.25, -0.2) is 4.79 Å². The number of piperidine rings is 1. The van der Waals surface area contributed by atoms with Gasteiger partial charge in [0, 0.05) is 35.3 Å². The lowest BCUT2D eigenvalue weighted by atomic mass is 9.80. The highest BCUT2D eigenvalue weighted by molar-refractivity contribution is 5.94. The number of rotatable bonds is 1. The lowest BCUT2D eigenvalue weighted by molar-refractivity contribution is 0.148. The predicted octanol–water partition coefficient (Wildman–Crippen LogP) is 3.63. The molecule has 2 N–H and O–H groups in total. The van der Waals surface area contributed by atoms with Crippen molar-refractivity contribution in [3.63, 3.8) is 0 Å². The SMILES string of the molecule is CC1CN(C(=O)NC2CC(C)(C)NC(C)(C)C2)c2ccccc21. The molecule has 23 heavy (non-hydrogen) atoms. The summed E-state index contributed by atoms with van der Waals surface area (Å²) in [5.41, 5.74) is 2.41. The minimum Gasteiger partial charge on any atom is -0.335 e. The highest BCUT2D eigenvalue weighted by atomic mass is 16.2. The normalized spacial score (nSPS) is 26.0. The minimum atomic E-state index is 0.0376. The molecule has 1 saturated heterocycles. The fourth-order valence-corrected chi connectivity index (χ4v) is 4.49. The molecule has 1 atom stereocenters. The van der Waals surface area contributed by atoms with Gasteiger partial charge in [-0.15, -0.1) is 0 Å². The molecule has 0 spiro atoms. The Hall–Kier alpha value is -1.55. The summed E-state index contributed by atoms with van der Waals surface area (Å²) in [6, 6.07) is 8.48. The van der Waals surface area contributed by atoms with E-state index in [1.54, 1.807) is 0 Å². The number of nitrogens with one attached hydrogen (secondary N) is 2. The zero-order chi connectivity index (χ0) is 16.8. The number of hydrogen-bond donors (Lipinski definition) is 2. The predicted molar refractivity (Wildman–Crippen MR) is 95.1 cm³/mol. The Morgan fingerprint density at radius 3 is 2.43 bits per heavy atom. The topological polar surface area (TPSA) is 44.4 Å². The van der Waals surface area contributed by atoms with Crippen LogP contribution in [-0.2, 0) is 0 Å². The Morgan fingerprint density at radius 1 is 1.17 bits per heavy atom. The Balaban J connectivity index is 1.73. The van der Waals surface area contributed by atoms with Crippen molar-refractivity contribution in [1.82, 2.24) is 10.6 Å². The van der Waals surface area contributed by atoms with Gasteiger partial charge in [-0.3, -0.25) is 4.90 Å². The summed E-state index contributed by atoms with van der Waals surface area (Å²) in [6.45, 7) is 11.8. The molecule has 0 bridgehead atoms. The monoisotopic (exact) mass is 315 g/mol. The van der Waals surface area contributed by atoms with Gasteiger partial charge in [-0.2, -0.15) is 0 Å². The largest absolute Gasteiger partial charge is 0.335 e. The van der Waals surface area contributed by atoms with E-state index >= 15 is 0 Å². The Kier molecular flexibility index (Phi) is 3.91. The molecule has 0 saturated carbocycles. The van der Waals surface area contributed by atoms with E-state index in [9.17, 15) is 4.79 Å². The van der Waals surface area contributed by atoms with E-state index in [-0.39, 0.29) is 23.2 Å². The van der Waals surface area contributed by atoms with E-state index < -0.39 is 0 Å². The van der Waals surface area contributed by atoms with Gasteiger partial charge < -0.3 is 10.6 Å². The third-order valence-corrected chi connectivity index (χ3v) is 4.98. The first-order valence-electron chi connectivity index (χ1n) is 8.63. The maximum absolute atomic E-state index is 12.8. The number of fused-ring (bicyclic) bond motifs is 1. The van der Waals surface area contributed by atoms with Crippen LogP contribution in [0.25, 0.3) is 0 Å². The molecule has 4 nitrogen and oxygen atoms in total. The second-order valence-corrected chi connectivity index (χ2v) is 8.52. The third-order valence-electron chi connectivity index (χ3n) is 4.98. The molecular formula is C19H29N3O. The van der Waals surface area contributed by atoms with Gasteiger partial charge in [0.25, 0.3) is 0 Å². The van der Waals surface area contributed by atoms with Crippen molar-refractivity contribution in [3.05, 3.63) is 29.8 Å². The molecule has 2 heterocycles. The number of nitrogens with zero attached hydrogens (tertiary/aromatic N) is 1. The molecule has 2 aliphatic heterocycles. The highest BCUT2D eigenvalue weighted by Crippen LogP contribution is 2.36. The molecule has 126 valence electrons. The van der Waals surface area contributed by atoms with E-state index in [4.69, 9.17) is 0 Å². The van der Waals surface area contributed by atoms with Gasteiger partial charge in [0.1, 0.15) is 0 Å². The first-order valence-corrected chi connectivity index (χ1v) is 8.63. The van der Waals surface area contributed by atoms with Crippen LogP contribution in [0.5, 0.6) is 0 Å². The summed E-state index contributed by atoms with van der Waals surface area (Å²) >= 11 is 0. The average Bonchev–Trinajstić information content (AvgIpc) is 2.73. The van der Waals surface area contributed by atoms with Crippen molar-refractivity contribution in [3.8, 4) is 0 Å². The molecule has 1 aromatic rings. The van der Waals surface area contributed by atoms with Crippen LogP contribution < -0.4 is 15.5 Å². The number of anilines is 1. The molecule has 1 unspecified atom stereocenters. The quantitative estimate of drug-likeness (QED) is 0.831. The number of hydrogen-bond acceptors (Lipinski definition) is 2. The summed E-state index contributed by atoms with van der Waals surface area (Å²) in [6.07, 6.45) is 1.90. The van der Waals surface area contributed by atoms with Crippen LogP contribution in [-0.4, -0.2) is 29.7 Å². The van der Waals surface area contributed by atoms with Gasteiger partial charge in [0.05, 0.1) is 0 Å². The molecule has 1 aromatic carbocycles. The summed E-state index contributed by atoms with van der Waals surface area (Å²) in [7, 11) is 0. The molecule has 2 aliphatic rings. The molecule has 1 fully saturated rings. The molecule has 2 amide bonds. The number of amides is 2. The number of urea groups is 1. The molecule has 0 aliphatic carbocycles. The van der Waals surface area contributed by atoms with E-state index in [0.717, 1.165) is 25.1 Å². The zero-order valence-corrected chi connectivity index (χ0v) is 14.9. The van der Waals surface area contributed by atoms with Crippen molar-refractivity contribution in [2.24, 2.45) is 0 Å². The van der Waals surface area contributed by atoms with E-state index in [1.165, 1.54) is 5.56 Å². The van der Waals surface area contributed by atoms with E-state index in [2.05, 4.69) is 63.5 Å². The minimum absolute atomic E-state index is 0.0376. The number of para-hydroxylation sites is 1. The lowest BCUT2D eigenvalue weighted by Crippen LogP contribution is -2.63. The zero-order valence-electron chi connectivity index (χ0n) is 14.9. The Morgan fingerprint density at radius 2 is 1.78 bits per heavy atom. The summed E-state index contributed by atoms with van der Waals surface area (Å²) in [5.74, 6) is 0.401. The first kappa shape index (κ1) is 16.3. The fraction of sp³-hybridized carbons (Fsp3) is 0.632. The van der Waals surface area contributed by atoms with Crippen LogP contribution in [0.15, 0.2) is 24.3 Å². The smallest absolute Gasteiger partial charge is 0.322 e. The van der Waals surface area contributed by atoms with Crippen molar-refractivity contribution in [2.75, 3.05) is 11.4 Å². The second kappa shape index (κ2) is 5.52. The second-order valence-electron chi connectivity index (χ2n) is 8.52. The number of benzene rings is 1. The van der Waals surface area contributed by atoms with Crippen LogP contribution in [0.1, 0.15) is 58.9 Å². The van der Waals surface area contributed by atoms with Crippen LogP contribution in [0.4, 0.5) is 10.5 Å². The number of carbonyl (C=O) groups excluding carboxylic acids is 1. The summed E-state index contributed by atoms with van der Waals surface area (Å²) < 4.78 is 0. The van der Waals surface area contributed by atoms with Crippen LogP contribution >= 0.6 is 0 Å². The van der Waals surface area contributed by atoms with Crippen LogP contribution in [0, 0.1) is 0 Å². The van der Waals surface area contributed by atoms with Gasteiger partial charge in [0.2, 0.25) is 0 Å². The van der Waals surface area contributed by atoms with Gasteiger partial charge in [-0.1, -0.05) is 25.1 Å². The van der Waals surface area contributed by atoms with E-state index in [0.29, 0.717) is 5.92 Å². The summed E-state index contributed by atoms with van der Waals surface area (Å²) in [5, 5.41) is 6.94. The molecule has 0 aromatic heterocycles. The number of carbonyl (C=O) groups is 1. The Bertz CT molecular complexity index is 592. The lowest BCUT2D eigenvalue weighted by Gasteiger charge is -2.46. The van der Waals surface area contributed by atoms with E-state index in [1.807, 2.05) is 11.0 Å². The van der Waals surface area contributed by atoms with Crippen LogP contribution in [0.2, 0.25) is 0 Å². The molecule has 4 heteroatoms. The third kappa shape index (κ3) is 3.37. The standard InChI is InChI=1S/C19H29N3O/c1-13-12-22(16-9-7-6-8-15(13)16)17(23)20-14-10-18(2,3)21-19(4,5)11-14/h6-9,13-14,21H,10-12H2,1-5H3,(H,20,23). The van der Waals surface area contributed by atoms with Crippen molar-refractivity contribution >= 4 is 11.7 Å². The molecular weight excluding hydrogens is 286 g/mol. The fourth-order valence-electron chi connectivity index (χ4n) is 4.49. The maximum Gasteiger partial charge on any atom is 0.322 e. The Labute approximate surface area is 139 Å². The van der Waals surface area contributed by atoms with Crippen molar-refractivity contribution < 1.29 is 4.79 Å². The highest BCUT2D eigenvalue weighted by Gasteiger charge is 2.39. The van der Waals surface area contributed by atoms with Crippen molar-refractivity contribution in [2.45, 2.75) is 70.5 Å². The first-order chi connectivity index (χ1) is 10.7.